The van der Waals surface area contributed by atoms with Crippen LogP contribution in [0.3, 0.4) is 0 Å². The van der Waals surface area contributed by atoms with Crippen LogP contribution in [0.4, 0.5) is 13.2 Å². The molecule has 1 N–H and O–H groups in total. The molecule has 3 atom stereocenters. The van der Waals surface area contributed by atoms with Gasteiger partial charge in [-0.1, -0.05) is 50.7 Å². The Balaban J connectivity index is 0.00000341. The largest absolute Gasteiger partial charge is 0.494 e. The Labute approximate surface area is 192 Å². The summed E-state index contributed by atoms with van der Waals surface area (Å²) in [7, 11) is 0. The van der Waals surface area contributed by atoms with Crippen LogP contribution >= 0.6 is 12.4 Å². The van der Waals surface area contributed by atoms with E-state index in [1.165, 1.54) is 37.7 Å². The number of aryl methyl sites for hydroxylation is 1. The van der Waals surface area contributed by atoms with E-state index in [4.69, 9.17) is 4.74 Å². The average Bonchev–Trinajstić information content (AvgIpc) is 2.73. The molecule has 3 rings (SSSR count). The molecule has 178 valence electrons. The Morgan fingerprint density at radius 2 is 1.71 bits per heavy atom. The molecule has 0 saturated heterocycles. The zero-order valence-electron chi connectivity index (χ0n) is 18.8. The fraction of sp³-hybridized carbons (Fsp3) is 0.760. The molecule has 2 nitrogen and oxygen atoms in total. The van der Waals surface area contributed by atoms with Crippen molar-refractivity contribution in [1.82, 2.24) is 5.32 Å². The van der Waals surface area contributed by atoms with E-state index in [1.807, 2.05) is 12.1 Å². The highest BCUT2D eigenvalue weighted by molar-refractivity contribution is 5.85. The van der Waals surface area contributed by atoms with Gasteiger partial charge in [-0.3, -0.25) is 0 Å². The van der Waals surface area contributed by atoms with Gasteiger partial charge in [-0.05, 0) is 69.1 Å². The van der Waals surface area contributed by atoms with Gasteiger partial charge < -0.3 is 10.1 Å². The van der Waals surface area contributed by atoms with E-state index in [1.54, 1.807) is 0 Å². The second-order valence-corrected chi connectivity index (χ2v) is 9.49. The van der Waals surface area contributed by atoms with Gasteiger partial charge >= 0.3 is 6.18 Å². The third kappa shape index (κ3) is 9.21. The number of hydrogen-bond acceptors (Lipinski definition) is 2. The van der Waals surface area contributed by atoms with Gasteiger partial charge in [-0.15, -0.1) is 12.4 Å². The molecule has 0 heterocycles. The Kier molecular flexibility index (Phi) is 11.0. The summed E-state index contributed by atoms with van der Waals surface area (Å²) in [6.07, 6.45) is 7.81. The Hall–Kier alpha value is -0.940. The average molecular weight is 462 g/mol. The first-order valence-corrected chi connectivity index (χ1v) is 11.9. The van der Waals surface area contributed by atoms with Gasteiger partial charge in [0.15, 0.2) is 0 Å². The molecular formula is C25H39ClF3NO. The topological polar surface area (TPSA) is 21.3 Å². The molecular weight excluding hydrogens is 423 g/mol. The SMILES string of the molecule is CC(CCc1ccc(OCCC2CCCCC2)cc1)NC1CCCC(C(F)(F)F)C1.Cl. The number of nitrogens with one attached hydrogen (secondary N) is 1. The summed E-state index contributed by atoms with van der Waals surface area (Å²) in [5, 5.41) is 3.44. The summed E-state index contributed by atoms with van der Waals surface area (Å²) in [4.78, 5) is 0. The van der Waals surface area contributed by atoms with Crippen molar-refractivity contribution < 1.29 is 17.9 Å². The summed E-state index contributed by atoms with van der Waals surface area (Å²) in [5.74, 6) is 0.630. The van der Waals surface area contributed by atoms with Crippen LogP contribution in [-0.2, 0) is 6.42 Å². The van der Waals surface area contributed by atoms with Crippen molar-refractivity contribution in [2.75, 3.05) is 6.61 Å². The van der Waals surface area contributed by atoms with Crippen molar-refractivity contribution in [2.45, 2.75) is 102 Å². The van der Waals surface area contributed by atoms with E-state index >= 15 is 0 Å². The minimum absolute atomic E-state index is 0. The zero-order valence-corrected chi connectivity index (χ0v) is 19.6. The maximum absolute atomic E-state index is 13.0. The fourth-order valence-electron chi connectivity index (χ4n) is 5.08. The van der Waals surface area contributed by atoms with Crippen LogP contribution in [0.1, 0.15) is 83.1 Å². The minimum atomic E-state index is -4.05. The molecule has 0 aromatic heterocycles. The van der Waals surface area contributed by atoms with E-state index in [2.05, 4.69) is 24.4 Å². The van der Waals surface area contributed by atoms with E-state index in [0.29, 0.717) is 6.42 Å². The molecule has 0 spiro atoms. The van der Waals surface area contributed by atoms with Crippen LogP contribution in [0.25, 0.3) is 0 Å². The molecule has 1 aromatic rings. The first-order valence-electron chi connectivity index (χ1n) is 11.9. The van der Waals surface area contributed by atoms with Crippen molar-refractivity contribution in [3.63, 3.8) is 0 Å². The van der Waals surface area contributed by atoms with Crippen molar-refractivity contribution in [2.24, 2.45) is 11.8 Å². The van der Waals surface area contributed by atoms with Gasteiger partial charge in [0.25, 0.3) is 0 Å². The van der Waals surface area contributed by atoms with Crippen LogP contribution in [-0.4, -0.2) is 24.9 Å². The summed E-state index contributed by atoms with van der Waals surface area (Å²) in [6, 6.07) is 8.52. The van der Waals surface area contributed by atoms with E-state index in [0.717, 1.165) is 44.0 Å². The maximum Gasteiger partial charge on any atom is 0.391 e. The van der Waals surface area contributed by atoms with Crippen molar-refractivity contribution >= 4 is 12.4 Å². The molecule has 31 heavy (non-hydrogen) atoms. The Bertz CT molecular complexity index is 616. The van der Waals surface area contributed by atoms with E-state index in [-0.39, 0.29) is 37.3 Å². The maximum atomic E-state index is 13.0. The number of benzene rings is 1. The molecule has 3 unspecified atom stereocenters. The number of alkyl halides is 3. The smallest absolute Gasteiger partial charge is 0.391 e. The van der Waals surface area contributed by atoms with Gasteiger partial charge in [-0.25, -0.2) is 0 Å². The van der Waals surface area contributed by atoms with Crippen LogP contribution in [0.5, 0.6) is 5.75 Å². The normalized spacial score (nSPS) is 23.7. The van der Waals surface area contributed by atoms with Crippen molar-refractivity contribution in [3.8, 4) is 5.75 Å². The van der Waals surface area contributed by atoms with Gasteiger partial charge in [0.2, 0.25) is 0 Å². The monoisotopic (exact) mass is 461 g/mol. The second-order valence-electron chi connectivity index (χ2n) is 9.49. The number of ether oxygens (including phenoxy) is 1. The summed E-state index contributed by atoms with van der Waals surface area (Å²) in [6.45, 7) is 2.88. The lowest BCUT2D eigenvalue weighted by atomic mass is 9.85. The van der Waals surface area contributed by atoms with Crippen LogP contribution < -0.4 is 10.1 Å². The highest BCUT2D eigenvalue weighted by atomic mass is 35.5. The first kappa shape index (κ1) is 26.3. The molecule has 2 saturated carbocycles. The van der Waals surface area contributed by atoms with Gasteiger partial charge in [0.1, 0.15) is 5.75 Å². The van der Waals surface area contributed by atoms with Gasteiger partial charge in [0.05, 0.1) is 12.5 Å². The van der Waals surface area contributed by atoms with Crippen molar-refractivity contribution in [3.05, 3.63) is 29.8 Å². The number of halogens is 4. The number of hydrogen-bond donors (Lipinski definition) is 1. The van der Waals surface area contributed by atoms with Crippen LogP contribution in [0.15, 0.2) is 24.3 Å². The van der Waals surface area contributed by atoms with E-state index in [9.17, 15) is 13.2 Å². The van der Waals surface area contributed by atoms with E-state index < -0.39 is 12.1 Å². The zero-order chi connectivity index (χ0) is 21.4. The molecule has 0 amide bonds. The molecule has 2 fully saturated rings. The fourth-order valence-corrected chi connectivity index (χ4v) is 5.08. The predicted molar refractivity (Wildman–Crippen MR) is 123 cm³/mol. The van der Waals surface area contributed by atoms with Gasteiger partial charge in [-0.2, -0.15) is 13.2 Å². The molecule has 0 radical (unpaired) electrons. The second kappa shape index (κ2) is 12.9. The van der Waals surface area contributed by atoms with Crippen molar-refractivity contribution in [1.29, 1.82) is 0 Å². The number of rotatable bonds is 9. The summed E-state index contributed by atoms with van der Waals surface area (Å²) < 4.78 is 44.9. The lowest BCUT2D eigenvalue weighted by Gasteiger charge is -2.33. The predicted octanol–water partition coefficient (Wildman–Crippen LogP) is 7.49. The molecule has 0 bridgehead atoms. The molecule has 0 aliphatic heterocycles. The lowest BCUT2D eigenvalue weighted by Crippen LogP contribution is -2.42. The molecule has 1 aromatic carbocycles. The standard InChI is InChI=1S/C25H38F3NO.ClH/c1-19(29-23-9-5-8-22(18-23)25(26,27)28)10-11-21-12-14-24(15-13-21)30-17-16-20-6-3-2-4-7-20;/h12-15,19-20,22-23,29H,2-11,16-18H2,1H3;1H. The molecule has 6 heteroatoms. The summed E-state index contributed by atoms with van der Waals surface area (Å²) >= 11 is 0. The van der Waals surface area contributed by atoms with Crippen LogP contribution in [0, 0.1) is 11.8 Å². The molecule has 2 aliphatic carbocycles. The lowest BCUT2D eigenvalue weighted by molar-refractivity contribution is -0.183. The molecule has 2 aliphatic rings. The third-order valence-corrected chi connectivity index (χ3v) is 6.97. The third-order valence-electron chi connectivity index (χ3n) is 6.97. The van der Waals surface area contributed by atoms with Gasteiger partial charge in [0, 0.05) is 12.1 Å². The minimum Gasteiger partial charge on any atom is -0.494 e. The Morgan fingerprint density at radius 3 is 2.39 bits per heavy atom. The highest BCUT2D eigenvalue weighted by Crippen LogP contribution is 2.37. The van der Waals surface area contributed by atoms with Crippen LogP contribution in [0.2, 0.25) is 0 Å². The highest BCUT2D eigenvalue weighted by Gasteiger charge is 2.42. The Morgan fingerprint density at radius 1 is 1.00 bits per heavy atom. The first-order chi connectivity index (χ1) is 14.4. The quantitative estimate of drug-likeness (QED) is 0.411. The summed E-state index contributed by atoms with van der Waals surface area (Å²) in [5.41, 5.74) is 1.25.